The molecule has 1 N–H and O–H groups in total. The van der Waals surface area contributed by atoms with Crippen LogP contribution in [0.2, 0.25) is 0 Å². The smallest absolute Gasteiger partial charge is 0.277 e. The largest absolute Gasteiger partial charge is 0.497 e. The van der Waals surface area contributed by atoms with Crippen molar-refractivity contribution in [3.05, 3.63) is 83.8 Å². The third kappa shape index (κ3) is 2.40. The first-order chi connectivity index (χ1) is 14.1. The summed E-state index contributed by atoms with van der Waals surface area (Å²) in [5, 5.41) is 7.02. The lowest BCUT2D eigenvalue weighted by molar-refractivity contribution is -0.140. The van der Waals surface area contributed by atoms with Crippen LogP contribution in [0.3, 0.4) is 0 Å². The number of rotatable bonds is 4. The number of anilines is 1. The number of methoxy groups -OCH3 is 1. The number of furan rings is 1. The van der Waals surface area contributed by atoms with Gasteiger partial charge >= 0.3 is 0 Å². The Hall–Kier alpha value is -3.87. The number of oxime groups is 1. The lowest BCUT2D eigenvalue weighted by Gasteiger charge is -2.26. The van der Waals surface area contributed by atoms with Crippen molar-refractivity contribution in [1.82, 2.24) is 0 Å². The summed E-state index contributed by atoms with van der Waals surface area (Å²) in [6.07, 6.45) is 1.42. The van der Waals surface area contributed by atoms with Crippen molar-refractivity contribution < 1.29 is 23.6 Å². The van der Waals surface area contributed by atoms with E-state index in [0.29, 0.717) is 28.3 Å². The lowest BCUT2D eigenvalue weighted by Crippen LogP contribution is -2.46. The second-order valence-electron chi connectivity index (χ2n) is 6.81. The van der Waals surface area contributed by atoms with Crippen LogP contribution in [0.4, 0.5) is 5.69 Å². The highest BCUT2D eigenvalue weighted by Gasteiger charge is 2.63. The molecule has 1 aromatic heterocycles. The summed E-state index contributed by atoms with van der Waals surface area (Å²) in [7, 11) is 1.57. The average Bonchev–Trinajstić information content (AvgIpc) is 3.48. The Morgan fingerprint density at radius 2 is 1.90 bits per heavy atom. The van der Waals surface area contributed by atoms with Crippen LogP contribution in [-0.2, 0) is 15.2 Å². The number of Topliss-reactive ketones (excluding diaryl/α,β-unsaturated/α-hetero) is 1. The summed E-state index contributed by atoms with van der Waals surface area (Å²) in [6.45, 7) is 0. The standard InChI is InChI=1S/C22H16N2O5/c1-27-14-10-8-13(9-11-14)19-18(20(25)17-7-4-12-28-17)22(29-24-19)15-5-2-3-6-16(15)23-21(22)26/h2-12,18H,1H3,(H,23,26)/t18-,22-/m1/s1. The van der Waals surface area contributed by atoms with E-state index in [4.69, 9.17) is 14.0 Å². The van der Waals surface area contributed by atoms with Crippen LogP contribution in [0, 0.1) is 5.92 Å². The first-order valence-corrected chi connectivity index (χ1v) is 9.04. The molecule has 0 saturated heterocycles. The molecular weight excluding hydrogens is 372 g/mol. The molecule has 0 saturated carbocycles. The Bertz CT molecular complexity index is 1130. The minimum absolute atomic E-state index is 0.137. The van der Waals surface area contributed by atoms with E-state index >= 15 is 0 Å². The van der Waals surface area contributed by atoms with Gasteiger partial charge in [0.1, 0.15) is 17.4 Å². The summed E-state index contributed by atoms with van der Waals surface area (Å²) in [5.41, 5.74) is 0.601. The van der Waals surface area contributed by atoms with Crippen molar-refractivity contribution in [3.63, 3.8) is 0 Å². The summed E-state index contributed by atoms with van der Waals surface area (Å²) in [6, 6.07) is 17.4. The summed E-state index contributed by atoms with van der Waals surface area (Å²) in [4.78, 5) is 32.4. The van der Waals surface area contributed by atoms with Crippen LogP contribution in [0.1, 0.15) is 21.7 Å². The zero-order valence-electron chi connectivity index (χ0n) is 15.4. The van der Waals surface area contributed by atoms with Gasteiger partial charge in [-0.2, -0.15) is 0 Å². The first kappa shape index (κ1) is 17.2. The maximum Gasteiger partial charge on any atom is 0.277 e. The van der Waals surface area contributed by atoms with Gasteiger partial charge in [-0.1, -0.05) is 23.4 Å². The molecule has 0 unspecified atom stereocenters. The third-order valence-electron chi connectivity index (χ3n) is 5.29. The van der Waals surface area contributed by atoms with Crippen molar-refractivity contribution in [2.45, 2.75) is 5.60 Å². The van der Waals surface area contributed by atoms with Crippen molar-refractivity contribution >= 4 is 23.1 Å². The number of carbonyl (C=O) groups excluding carboxylic acids is 2. The molecule has 2 aliphatic heterocycles. The van der Waals surface area contributed by atoms with E-state index < -0.39 is 17.4 Å². The second-order valence-corrected chi connectivity index (χ2v) is 6.81. The quantitative estimate of drug-likeness (QED) is 0.692. The van der Waals surface area contributed by atoms with Crippen LogP contribution in [-0.4, -0.2) is 24.5 Å². The minimum Gasteiger partial charge on any atom is -0.497 e. The molecule has 0 radical (unpaired) electrons. The van der Waals surface area contributed by atoms with E-state index in [1.165, 1.54) is 6.26 Å². The van der Waals surface area contributed by atoms with Crippen LogP contribution >= 0.6 is 0 Å². The fourth-order valence-corrected chi connectivity index (χ4v) is 3.90. The zero-order valence-corrected chi connectivity index (χ0v) is 15.4. The molecule has 2 aliphatic rings. The van der Waals surface area contributed by atoms with Crippen molar-refractivity contribution in [2.24, 2.45) is 11.1 Å². The van der Waals surface area contributed by atoms with E-state index in [-0.39, 0.29) is 11.5 Å². The van der Waals surface area contributed by atoms with Gasteiger partial charge in [-0.15, -0.1) is 0 Å². The lowest BCUT2D eigenvalue weighted by atomic mass is 9.75. The number of ketones is 1. The molecule has 2 atom stereocenters. The molecule has 0 aliphatic carbocycles. The second kappa shape index (κ2) is 6.34. The Labute approximate surface area is 165 Å². The molecule has 3 heterocycles. The van der Waals surface area contributed by atoms with Crippen LogP contribution in [0.5, 0.6) is 5.75 Å². The Morgan fingerprint density at radius 3 is 2.62 bits per heavy atom. The van der Waals surface area contributed by atoms with Gasteiger partial charge in [-0.3, -0.25) is 9.59 Å². The highest BCUT2D eigenvalue weighted by molar-refractivity contribution is 6.24. The van der Waals surface area contributed by atoms with Gasteiger partial charge in [0.2, 0.25) is 5.78 Å². The molecule has 0 bridgehead atoms. The summed E-state index contributed by atoms with van der Waals surface area (Å²) >= 11 is 0. The number of fused-ring (bicyclic) bond motifs is 2. The third-order valence-corrected chi connectivity index (χ3v) is 5.29. The fraction of sp³-hybridized carbons (Fsp3) is 0.136. The van der Waals surface area contributed by atoms with Gasteiger partial charge in [0.15, 0.2) is 5.76 Å². The summed E-state index contributed by atoms with van der Waals surface area (Å²) in [5.74, 6) is -1.02. The number of hydrogen-bond donors (Lipinski definition) is 1. The SMILES string of the molecule is COc1ccc(C2=NO[C@@]3(C(=O)Nc4ccccc43)[C@H]2C(=O)c2ccco2)cc1. The number of carbonyl (C=O) groups is 2. The van der Waals surface area contributed by atoms with Gasteiger partial charge in [0.05, 0.1) is 13.4 Å². The van der Waals surface area contributed by atoms with Crippen LogP contribution < -0.4 is 10.1 Å². The molecule has 7 nitrogen and oxygen atoms in total. The maximum atomic E-state index is 13.5. The van der Waals surface area contributed by atoms with E-state index in [1.54, 1.807) is 61.7 Å². The molecule has 2 aromatic carbocycles. The van der Waals surface area contributed by atoms with E-state index in [2.05, 4.69) is 10.5 Å². The van der Waals surface area contributed by atoms with Crippen LogP contribution in [0.25, 0.3) is 0 Å². The van der Waals surface area contributed by atoms with E-state index in [0.717, 1.165) is 0 Å². The molecule has 144 valence electrons. The number of hydrogen-bond acceptors (Lipinski definition) is 6. The van der Waals surface area contributed by atoms with Crippen LogP contribution in [0.15, 0.2) is 76.5 Å². The molecule has 3 aromatic rings. The monoisotopic (exact) mass is 388 g/mol. The number of amides is 1. The molecule has 1 spiro atoms. The van der Waals surface area contributed by atoms with Crippen molar-refractivity contribution in [3.8, 4) is 5.75 Å². The molecule has 1 amide bonds. The predicted octanol–water partition coefficient (Wildman–Crippen LogP) is 3.37. The highest BCUT2D eigenvalue weighted by atomic mass is 16.7. The Morgan fingerprint density at radius 1 is 1.10 bits per heavy atom. The van der Waals surface area contributed by atoms with E-state index in [9.17, 15) is 9.59 Å². The fourth-order valence-electron chi connectivity index (χ4n) is 3.90. The van der Waals surface area contributed by atoms with Gasteiger partial charge in [-0.25, -0.2) is 0 Å². The van der Waals surface area contributed by atoms with Gasteiger partial charge < -0.3 is 19.3 Å². The normalized spacial score (nSPS) is 22.0. The molecule has 0 fully saturated rings. The van der Waals surface area contributed by atoms with Gasteiger partial charge in [0, 0.05) is 16.8 Å². The molecular formula is C22H16N2O5. The topological polar surface area (TPSA) is 90.1 Å². The number of nitrogens with one attached hydrogen (secondary N) is 1. The number of ether oxygens (including phenoxy) is 1. The highest BCUT2D eigenvalue weighted by Crippen LogP contribution is 2.49. The van der Waals surface area contributed by atoms with Gasteiger partial charge in [0.25, 0.3) is 11.5 Å². The molecule has 5 rings (SSSR count). The molecule has 29 heavy (non-hydrogen) atoms. The van der Waals surface area contributed by atoms with Crippen molar-refractivity contribution in [1.29, 1.82) is 0 Å². The first-order valence-electron chi connectivity index (χ1n) is 9.04. The zero-order chi connectivity index (χ0) is 20.0. The average molecular weight is 388 g/mol. The number of benzene rings is 2. The summed E-state index contributed by atoms with van der Waals surface area (Å²) < 4.78 is 10.5. The Balaban J connectivity index is 1.67. The predicted molar refractivity (Wildman–Crippen MR) is 104 cm³/mol. The maximum absolute atomic E-state index is 13.5. The van der Waals surface area contributed by atoms with E-state index in [1.807, 2.05) is 6.07 Å². The van der Waals surface area contributed by atoms with Crippen molar-refractivity contribution in [2.75, 3.05) is 12.4 Å². The van der Waals surface area contributed by atoms with Gasteiger partial charge in [-0.05, 0) is 42.5 Å². The number of para-hydroxylation sites is 1. The number of nitrogens with zero attached hydrogens (tertiary/aromatic N) is 1. The Kier molecular flexibility index (Phi) is 3.77. The minimum atomic E-state index is -1.59. The molecule has 7 heteroatoms.